The molecular weight excluding hydrogens is 174 g/mol. The Morgan fingerprint density at radius 3 is 3.00 bits per heavy atom. The van der Waals surface area contributed by atoms with Crippen LogP contribution in [0.2, 0.25) is 0 Å². The quantitative estimate of drug-likeness (QED) is 0.631. The summed E-state index contributed by atoms with van der Waals surface area (Å²) in [5, 5.41) is 3.63. The maximum atomic E-state index is 11.8. The predicted molar refractivity (Wildman–Crippen MR) is 54.9 cm³/mol. The fourth-order valence-corrected chi connectivity index (χ4v) is 3.45. The first-order chi connectivity index (χ1) is 6.84. The third kappa shape index (κ3) is 1.24. The third-order valence-corrected chi connectivity index (χ3v) is 4.15. The Bertz CT molecular complexity index is 284. The monoisotopic (exact) mass is 191 g/mol. The highest BCUT2D eigenvalue weighted by Gasteiger charge is 2.41. The van der Waals surface area contributed by atoms with Crippen LogP contribution in [0.15, 0.2) is 12.2 Å². The maximum absolute atomic E-state index is 11.8. The van der Waals surface area contributed by atoms with Crippen molar-refractivity contribution in [1.29, 1.82) is 0 Å². The molecule has 2 heteroatoms. The van der Waals surface area contributed by atoms with E-state index >= 15 is 0 Å². The molecule has 0 spiro atoms. The van der Waals surface area contributed by atoms with Gasteiger partial charge in [0.1, 0.15) is 0 Å². The summed E-state index contributed by atoms with van der Waals surface area (Å²) in [7, 11) is 0. The molecule has 0 saturated carbocycles. The largest absolute Gasteiger partial charge is 0.310 e. The first-order valence-corrected chi connectivity index (χ1v) is 5.81. The molecule has 2 heterocycles. The van der Waals surface area contributed by atoms with Crippen LogP contribution in [-0.2, 0) is 4.79 Å². The Balaban J connectivity index is 1.90. The Kier molecular flexibility index (Phi) is 1.98. The van der Waals surface area contributed by atoms with Crippen molar-refractivity contribution in [2.75, 3.05) is 0 Å². The van der Waals surface area contributed by atoms with Crippen LogP contribution in [0.4, 0.5) is 0 Å². The van der Waals surface area contributed by atoms with Crippen molar-refractivity contribution < 1.29 is 4.79 Å². The summed E-state index contributed by atoms with van der Waals surface area (Å²) >= 11 is 0. The van der Waals surface area contributed by atoms with Crippen LogP contribution in [0.1, 0.15) is 32.1 Å². The molecule has 2 aliphatic heterocycles. The summed E-state index contributed by atoms with van der Waals surface area (Å²) < 4.78 is 0. The van der Waals surface area contributed by atoms with Gasteiger partial charge in [0.25, 0.3) is 0 Å². The number of rotatable bonds is 0. The molecule has 0 aromatic rings. The first-order valence-electron chi connectivity index (χ1n) is 5.81. The highest BCUT2D eigenvalue weighted by Crippen LogP contribution is 2.38. The summed E-state index contributed by atoms with van der Waals surface area (Å²) in [6, 6.07) is 1.20. The molecule has 3 rings (SSSR count). The second kappa shape index (κ2) is 3.20. The standard InChI is InChI=1S/C12H17NO/c14-11-3-1-2-8-4-5-9-6-7-10(13-9)12(8)11/h1,3,8-10,12-13H,2,4-7H2/t8-,9+,10+,12?/m0/s1. The number of allylic oxidation sites excluding steroid dienone is 2. The number of nitrogens with one attached hydrogen (secondary N) is 1. The molecule has 3 aliphatic rings. The van der Waals surface area contributed by atoms with Crippen molar-refractivity contribution in [3.8, 4) is 0 Å². The summed E-state index contributed by atoms with van der Waals surface area (Å²) in [5.41, 5.74) is 0. The Morgan fingerprint density at radius 2 is 2.07 bits per heavy atom. The topological polar surface area (TPSA) is 29.1 Å². The number of ketones is 1. The van der Waals surface area contributed by atoms with Crippen LogP contribution in [0.5, 0.6) is 0 Å². The van der Waals surface area contributed by atoms with E-state index in [1.807, 2.05) is 6.08 Å². The third-order valence-electron chi connectivity index (χ3n) is 4.15. The van der Waals surface area contributed by atoms with E-state index in [9.17, 15) is 4.79 Å². The molecule has 2 saturated heterocycles. The molecule has 0 aromatic carbocycles. The van der Waals surface area contributed by atoms with Crippen LogP contribution >= 0.6 is 0 Å². The van der Waals surface area contributed by atoms with E-state index in [0.717, 1.165) is 6.42 Å². The normalized spacial score (nSPS) is 46.1. The molecule has 0 radical (unpaired) electrons. The first kappa shape index (κ1) is 8.66. The van der Waals surface area contributed by atoms with Gasteiger partial charge in [-0.15, -0.1) is 0 Å². The highest BCUT2D eigenvalue weighted by atomic mass is 16.1. The van der Waals surface area contributed by atoms with Gasteiger partial charge in [-0.05, 0) is 44.1 Å². The molecule has 2 fully saturated rings. The van der Waals surface area contributed by atoms with Crippen molar-refractivity contribution in [3.05, 3.63) is 12.2 Å². The molecule has 2 nitrogen and oxygen atoms in total. The van der Waals surface area contributed by atoms with E-state index in [1.54, 1.807) is 0 Å². The van der Waals surface area contributed by atoms with E-state index in [0.29, 0.717) is 29.7 Å². The number of hydrogen-bond donors (Lipinski definition) is 1. The van der Waals surface area contributed by atoms with Crippen LogP contribution in [0.3, 0.4) is 0 Å². The van der Waals surface area contributed by atoms with Gasteiger partial charge >= 0.3 is 0 Å². The second-order valence-corrected chi connectivity index (χ2v) is 4.95. The summed E-state index contributed by atoms with van der Waals surface area (Å²) in [4.78, 5) is 11.8. The Labute approximate surface area is 84.8 Å². The smallest absolute Gasteiger partial charge is 0.160 e. The van der Waals surface area contributed by atoms with Crippen LogP contribution in [-0.4, -0.2) is 17.9 Å². The average Bonchev–Trinajstić information content (AvgIpc) is 2.53. The van der Waals surface area contributed by atoms with Gasteiger partial charge in [0, 0.05) is 18.0 Å². The molecule has 14 heavy (non-hydrogen) atoms. The van der Waals surface area contributed by atoms with E-state index in [-0.39, 0.29) is 0 Å². The molecule has 1 N–H and O–H groups in total. The van der Waals surface area contributed by atoms with Crippen LogP contribution in [0, 0.1) is 11.8 Å². The van der Waals surface area contributed by atoms with Gasteiger partial charge in [-0.2, -0.15) is 0 Å². The minimum absolute atomic E-state index is 0.299. The Morgan fingerprint density at radius 1 is 1.21 bits per heavy atom. The number of hydrogen-bond acceptors (Lipinski definition) is 2. The number of carbonyl (C=O) groups is 1. The lowest BCUT2D eigenvalue weighted by atomic mass is 9.74. The molecule has 4 atom stereocenters. The average molecular weight is 191 g/mol. The fourth-order valence-electron chi connectivity index (χ4n) is 3.45. The molecule has 76 valence electrons. The summed E-state index contributed by atoms with van der Waals surface area (Å²) in [6.07, 6.45) is 10.0. The van der Waals surface area contributed by atoms with Gasteiger partial charge in [-0.1, -0.05) is 6.08 Å². The zero-order chi connectivity index (χ0) is 9.54. The predicted octanol–water partition coefficient (Wildman–Crippen LogP) is 1.66. The van der Waals surface area contributed by atoms with Crippen LogP contribution < -0.4 is 5.32 Å². The van der Waals surface area contributed by atoms with E-state index in [4.69, 9.17) is 0 Å². The van der Waals surface area contributed by atoms with Gasteiger partial charge < -0.3 is 5.32 Å². The zero-order valence-corrected chi connectivity index (χ0v) is 8.41. The lowest BCUT2D eigenvalue weighted by Gasteiger charge is -2.30. The Hall–Kier alpha value is -0.630. The van der Waals surface area contributed by atoms with E-state index in [2.05, 4.69) is 11.4 Å². The van der Waals surface area contributed by atoms with Crippen molar-refractivity contribution >= 4 is 5.78 Å². The summed E-state index contributed by atoms with van der Waals surface area (Å²) in [6.45, 7) is 0. The lowest BCUT2D eigenvalue weighted by Crippen LogP contribution is -2.40. The van der Waals surface area contributed by atoms with Crippen molar-refractivity contribution in [3.63, 3.8) is 0 Å². The zero-order valence-electron chi connectivity index (χ0n) is 8.41. The van der Waals surface area contributed by atoms with Crippen molar-refractivity contribution in [2.24, 2.45) is 11.8 Å². The molecule has 1 aliphatic carbocycles. The maximum Gasteiger partial charge on any atom is 0.160 e. The molecule has 0 amide bonds. The van der Waals surface area contributed by atoms with Crippen molar-refractivity contribution in [1.82, 2.24) is 5.32 Å². The van der Waals surface area contributed by atoms with Gasteiger partial charge in [0.15, 0.2) is 5.78 Å². The number of carbonyl (C=O) groups excluding carboxylic acids is 1. The second-order valence-electron chi connectivity index (χ2n) is 4.95. The minimum Gasteiger partial charge on any atom is -0.310 e. The van der Waals surface area contributed by atoms with Gasteiger partial charge in [0.05, 0.1) is 0 Å². The van der Waals surface area contributed by atoms with E-state index < -0.39 is 0 Å². The van der Waals surface area contributed by atoms with Crippen molar-refractivity contribution in [2.45, 2.75) is 44.2 Å². The lowest BCUT2D eigenvalue weighted by molar-refractivity contribution is -0.121. The van der Waals surface area contributed by atoms with Gasteiger partial charge in [0.2, 0.25) is 0 Å². The summed E-state index contributed by atoms with van der Waals surface area (Å²) in [5.74, 6) is 1.31. The SMILES string of the molecule is O=C1C=CC[C@H]2CC[C@@H]3CC[C@@H](N3)C12. The van der Waals surface area contributed by atoms with Gasteiger partial charge in [-0.3, -0.25) is 4.79 Å². The number of fused-ring (bicyclic) bond motifs is 4. The highest BCUT2D eigenvalue weighted by molar-refractivity contribution is 5.93. The van der Waals surface area contributed by atoms with E-state index in [1.165, 1.54) is 25.7 Å². The molecule has 0 aromatic heterocycles. The van der Waals surface area contributed by atoms with Gasteiger partial charge in [-0.25, -0.2) is 0 Å². The molecule has 1 unspecified atom stereocenters. The fraction of sp³-hybridized carbons (Fsp3) is 0.750. The molecular formula is C12H17NO. The minimum atomic E-state index is 0.299. The molecule has 2 bridgehead atoms. The van der Waals surface area contributed by atoms with Crippen LogP contribution in [0.25, 0.3) is 0 Å².